The zero-order valence-electron chi connectivity index (χ0n) is 34.8. The van der Waals surface area contributed by atoms with Gasteiger partial charge in [0.25, 0.3) is 0 Å². The molecule has 2 fully saturated rings. The fraction of sp³-hybridized carbons (Fsp3) is 0.588. The summed E-state index contributed by atoms with van der Waals surface area (Å²) in [5.41, 5.74) is 4.01. The van der Waals surface area contributed by atoms with Crippen LogP contribution in [-0.2, 0) is 50.7 Å². The van der Waals surface area contributed by atoms with Crippen LogP contribution >= 0.6 is 58.4 Å². The number of carbonyl (C=O) groups excluding carboxylic acids is 3. The van der Waals surface area contributed by atoms with Crippen molar-refractivity contribution < 1.29 is 85.2 Å². The molecule has 1 aliphatic carbocycles. The summed E-state index contributed by atoms with van der Waals surface area (Å²) in [4.78, 5) is 89.1. The van der Waals surface area contributed by atoms with E-state index in [2.05, 4.69) is 34.4 Å². The number of aliphatic hydroxyl groups excluding tert-OH is 2. The van der Waals surface area contributed by atoms with Crippen LogP contribution in [0.15, 0.2) is 36.9 Å². The van der Waals surface area contributed by atoms with Crippen molar-refractivity contribution in [2.75, 3.05) is 37.8 Å². The number of phosphoric acid groups is 3. The van der Waals surface area contributed by atoms with Crippen molar-refractivity contribution in [2.45, 2.75) is 87.0 Å². The lowest BCUT2D eigenvalue weighted by Crippen LogP contribution is -2.46. The standard InChI is InChI=1S/C34H48Cl2N7O18P3S/c1-32(2,26(46)29(47)39-10-9-22(44)38-11-12-65-31(48)33(3,4)59-19-7-5-18(6-8-19)20-13-34(20,35)36)15-57-64(54,55)61-63(52,53)56-14-21-25(60-62(49,50)51)24(45)30(58-21)43-17-42-23-27(37)40-16-41-28(23)43/h5-8,16-17,20-21,24-26,30,45-46H,9-15H2,1-4H3,(H,38,44)(H,39,47)(H,52,53)(H,54,55)(H2,37,40,41)(H2,49,50,51)/t20?,21-,24-,25-,26?,30-/m1/s1. The quantitative estimate of drug-likeness (QED) is 0.0373. The Hall–Kier alpha value is -2.84. The van der Waals surface area contributed by atoms with Gasteiger partial charge < -0.3 is 55.6 Å². The number of nitrogens with two attached hydrogens (primary N) is 1. The maximum Gasteiger partial charge on any atom is 0.481 e. The minimum absolute atomic E-state index is 0.0233. The van der Waals surface area contributed by atoms with E-state index >= 15 is 0 Å². The number of aromatic nitrogens is 4. The first-order valence-electron chi connectivity index (χ1n) is 19.2. The predicted molar refractivity (Wildman–Crippen MR) is 230 cm³/mol. The number of imidazole rings is 1. The van der Waals surface area contributed by atoms with Crippen LogP contribution in [-0.4, -0.2) is 133 Å². The number of phosphoric ester groups is 3. The number of halogens is 2. The van der Waals surface area contributed by atoms with Gasteiger partial charge in [-0.25, -0.2) is 28.6 Å². The Morgan fingerprint density at radius 1 is 1.02 bits per heavy atom. The molecule has 8 atom stereocenters. The lowest BCUT2D eigenvalue weighted by atomic mass is 9.87. The summed E-state index contributed by atoms with van der Waals surface area (Å²) in [7, 11) is -16.5. The molecule has 2 amide bonds. The Labute approximate surface area is 384 Å². The first-order chi connectivity index (χ1) is 30.0. The molecule has 3 heterocycles. The van der Waals surface area contributed by atoms with E-state index in [1.165, 1.54) is 13.8 Å². The molecule has 0 bridgehead atoms. The molecule has 31 heteroatoms. The molecule has 25 nitrogen and oxygen atoms in total. The second kappa shape index (κ2) is 20.8. The summed E-state index contributed by atoms with van der Waals surface area (Å²) in [6, 6.07) is 7.15. The maximum absolute atomic E-state index is 12.8. The highest BCUT2D eigenvalue weighted by Crippen LogP contribution is 2.61. The monoisotopic (exact) mass is 1040 g/mol. The molecule has 1 aromatic carbocycles. The molecule has 2 aromatic heterocycles. The van der Waals surface area contributed by atoms with Crippen molar-refractivity contribution in [3.63, 3.8) is 0 Å². The number of amides is 2. The van der Waals surface area contributed by atoms with Crippen LogP contribution in [0.5, 0.6) is 5.75 Å². The predicted octanol–water partition coefficient (Wildman–Crippen LogP) is 2.18. The van der Waals surface area contributed by atoms with E-state index in [4.69, 9.17) is 47.5 Å². The van der Waals surface area contributed by atoms with Crippen LogP contribution in [0.25, 0.3) is 11.2 Å². The molecule has 0 radical (unpaired) electrons. The van der Waals surface area contributed by atoms with Gasteiger partial charge in [-0.15, -0.1) is 23.2 Å². The van der Waals surface area contributed by atoms with Crippen LogP contribution in [0.2, 0.25) is 0 Å². The minimum Gasteiger partial charge on any atom is -0.479 e. The van der Waals surface area contributed by atoms with Gasteiger partial charge in [-0.05, 0) is 38.0 Å². The number of thioether (sulfide) groups is 1. The lowest BCUT2D eigenvalue weighted by molar-refractivity contribution is -0.137. The van der Waals surface area contributed by atoms with Crippen molar-refractivity contribution in [1.82, 2.24) is 30.2 Å². The number of alkyl halides is 2. The van der Waals surface area contributed by atoms with E-state index in [0.29, 0.717) is 12.2 Å². The average molecular weight is 1040 g/mol. The van der Waals surface area contributed by atoms with E-state index in [0.717, 1.165) is 34.5 Å². The second-order valence-electron chi connectivity index (χ2n) is 15.9. The third-order valence-corrected chi connectivity index (χ3v) is 14.8. The molecule has 1 saturated heterocycles. The van der Waals surface area contributed by atoms with Gasteiger partial charge in [0, 0.05) is 36.6 Å². The molecule has 65 heavy (non-hydrogen) atoms. The summed E-state index contributed by atoms with van der Waals surface area (Å²) in [6.07, 6.45) is -6.40. The Morgan fingerprint density at radius 2 is 1.66 bits per heavy atom. The molecule has 2 aliphatic rings. The third-order valence-electron chi connectivity index (χ3n) is 9.71. The first kappa shape index (κ1) is 53.1. The molecule has 362 valence electrons. The Balaban J connectivity index is 1.01. The fourth-order valence-corrected chi connectivity index (χ4v) is 10.3. The SMILES string of the molecule is CC(C)(Oc1ccc(C2CC2(Cl)Cl)cc1)C(=O)SCCNC(=O)CCNC(=O)C(O)C(C)(C)COP(=O)(O)OP(=O)(O)OC[C@H]1O[C@@H](n2cnc3c(N)ncnc32)[C@H](O)[C@@H]1OP(=O)(O)O. The zero-order chi connectivity index (χ0) is 48.3. The summed E-state index contributed by atoms with van der Waals surface area (Å²) in [5.74, 6) is -0.800. The summed E-state index contributed by atoms with van der Waals surface area (Å²) in [6.45, 7) is 3.54. The third kappa shape index (κ3) is 14.6. The Morgan fingerprint density at radius 3 is 2.29 bits per heavy atom. The maximum atomic E-state index is 12.8. The van der Waals surface area contributed by atoms with E-state index in [9.17, 15) is 57.9 Å². The van der Waals surface area contributed by atoms with Gasteiger partial charge >= 0.3 is 23.5 Å². The number of hydrogen-bond donors (Lipinski definition) is 9. The van der Waals surface area contributed by atoms with Crippen LogP contribution in [0.1, 0.15) is 58.2 Å². The number of benzene rings is 1. The van der Waals surface area contributed by atoms with Crippen molar-refractivity contribution in [3.05, 3.63) is 42.5 Å². The number of carbonyl (C=O) groups is 3. The molecule has 3 aromatic rings. The molecule has 10 N–H and O–H groups in total. The Kier molecular flexibility index (Phi) is 17.0. The van der Waals surface area contributed by atoms with E-state index < -0.39 is 94.5 Å². The number of ether oxygens (including phenoxy) is 2. The van der Waals surface area contributed by atoms with Crippen LogP contribution < -0.4 is 21.1 Å². The highest BCUT2D eigenvalue weighted by molar-refractivity contribution is 8.13. The lowest BCUT2D eigenvalue weighted by Gasteiger charge is -2.30. The minimum atomic E-state index is -5.60. The highest BCUT2D eigenvalue weighted by atomic mass is 35.5. The number of aliphatic hydroxyl groups is 2. The van der Waals surface area contributed by atoms with Crippen molar-refractivity contribution in [3.8, 4) is 5.75 Å². The van der Waals surface area contributed by atoms with Gasteiger partial charge in [-0.3, -0.25) is 32.5 Å². The van der Waals surface area contributed by atoms with Crippen LogP contribution in [0.3, 0.4) is 0 Å². The summed E-state index contributed by atoms with van der Waals surface area (Å²) in [5, 5.41) is 26.2. The molecule has 4 unspecified atom stereocenters. The van der Waals surface area contributed by atoms with Gasteiger partial charge in [0.05, 0.1) is 19.5 Å². The molecular formula is C34H48Cl2N7O18P3S. The van der Waals surface area contributed by atoms with Gasteiger partial charge in [-0.2, -0.15) is 4.31 Å². The molecular weight excluding hydrogens is 990 g/mol. The van der Waals surface area contributed by atoms with Crippen molar-refractivity contribution in [1.29, 1.82) is 0 Å². The molecule has 1 saturated carbocycles. The van der Waals surface area contributed by atoms with E-state index in [-0.39, 0.29) is 53.3 Å². The molecule has 5 rings (SSSR count). The Bertz CT molecular complexity index is 2360. The smallest absolute Gasteiger partial charge is 0.479 e. The van der Waals surface area contributed by atoms with Gasteiger partial charge in [-0.1, -0.05) is 37.7 Å². The molecule has 1 aliphatic heterocycles. The normalized spacial score (nSPS) is 23.3. The summed E-state index contributed by atoms with van der Waals surface area (Å²) < 4.78 is 67.5. The number of nitrogens with one attached hydrogen (secondary N) is 2. The number of rotatable bonds is 23. The van der Waals surface area contributed by atoms with Crippen LogP contribution in [0.4, 0.5) is 5.82 Å². The second-order valence-corrected chi connectivity index (χ2v) is 22.8. The number of hydrogen-bond acceptors (Lipinski definition) is 19. The van der Waals surface area contributed by atoms with Crippen LogP contribution in [0, 0.1) is 5.41 Å². The zero-order valence-corrected chi connectivity index (χ0v) is 39.8. The number of nitrogen functional groups attached to an aromatic ring is 1. The highest BCUT2D eigenvalue weighted by Gasteiger charge is 2.53. The van der Waals surface area contributed by atoms with Gasteiger partial charge in [0.2, 0.25) is 16.9 Å². The fourth-order valence-electron chi connectivity index (χ4n) is 6.13. The van der Waals surface area contributed by atoms with E-state index in [1.807, 2.05) is 12.1 Å². The van der Waals surface area contributed by atoms with Gasteiger partial charge in [0.15, 0.2) is 23.3 Å². The molecule has 0 spiro atoms. The topological polar surface area (TPSA) is 373 Å². The van der Waals surface area contributed by atoms with Gasteiger partial charge in [0.1, 0.15) is 46.3 Å². The van der Waals surface area contributed by atoms with Crippen molar-refractivity contribution in [2.24, 2.45) is 5.41 Å². The number of fused-ring (bicyclic) bond motifs is 1. The number of anilines is 1. The van der Waals surface area contributed by atoms with Crippen molar-refractivity contribution >= 4 is 92.3 Å². The largest absolute Gasteiger partial charge is 0.481 e. The number of nitrogens with zero attached hydrogens (tertiary/aromatic N) is 4. The first-order valence-corrected chi connectivity index (χ1v) is 25.5. The average Bonchev–Trinajstić information content (AvgIpc) is 3.47. The summed E-state index contributed by atoms with van der Waals surface area (Å²) >= 11 is 13.2. The van der Waals surface area contributed by atoms with E-state index in [1.54, 1.807) is 26.0 Å².